The summed E-state index contributed by atoms with van der Waals surface area (Å²) in [5.74, 6) is 1.18. The molecule has 0 aromatic heterocycles. The first kappa shape index (κ1) is 21.4. The van der Waals surface area contributed by atoms with Gasteiger partial charge in [0, 0.05) is 36.3 Å². The lowest BCUT2D eigenvalue weighted by atomic mass is 9.94. The number of morpholine rings is 1. The molecule has 1 atom stereocenters. The monoisotopic (exact) mass is 452 g/mol. The number of nitrogens with zero attached hydrogens (tertiary/aromatic N) is 4. The van der Waals surface area contributed by atoms with Gasteiger partial charge in [0.25, 0.3) is 11.6 Å². The highest BCUT2D eigenvalue weighted by Crippen LogP contribution is 2.37. The largest absolute Gasteiger partial charge is 0.454 e. The SMILES string of the molecule is CC1Cc2cc3c(cc2C(c2ccc([N+](=O)[O-])cc2)=NN1C(=O)CN1CCOCC1)OCO3. The molecule has 3 aliphatic heterocycles. The number of carbonyl (C=O) groups excluding carboxylic acids is 1. The van der Waals surface area contributed by atoms with Crippen LogP contribution < -0.4 is 9.47 Å². The van der Waals surface area contributed by atoms with Crippen LogP contribution in [-0.4, -0.2) is 72.1 Å². The van der Waals surface area contributed by atoms with Crippen molar-refractivity contribution in [3.8, 4) is 11.5 Å². The highest BCUT2D eigenvalue weighted by molar-refractivity contribution is 6.14. The molecule has 0 N–H and O–H groups in total. The molecule has 0 radical (unpaired) electrons. The fourth-order valence-corrected chi connectivity index (χ4v) is 4.32. The first-order chi connectivity index (χ1) is 16.0. The minimum atomic E-state index is -0.440. The number of hydrogen-bond donors (Lipinski definition) is 0. The van der Waals surface area contributed by atoms with E-state index in [1.165, 1.54) is 12.1 Å². The number of non-ortho nitro benzene ring substituents is 1. The smallest absolute Gasteiger partial charge is 0.269 e. The number of rotatable bonds is 4. The van der Waals surface area contributed by atoms with Crippen molar-refractivity contribution in [2.75, 3.05) is 39.6 Å². The summed E-state index contributed by atoms with van der Waals surface area (Å²) < 4.78 is 16.5. The molecule has 0 bridgehead atoms. The van der Waals surface area contributed by atoms with Gasteiger partial charge in [0.2, 0.25) is 6.79 Å². The van der Waals surface area contributed by atoms with Crippen LogP contribution in [0, 0.1) is 10.1 Å². The van der Waals surface area contributed by atoms with Crippen molar-refractivity contribution in [2.24, 2.45) is 5.10 Å². The average molecular weight is 452 g/mol. The van der Waals surface area contributed by atoms with Crippen LogP contribution in [0.1, 0.15) is 23.6 Å². The molecule has 10 nitrogen and oxygen atoms in total. The van der Waals surface area contributed by atoms with Crippen molar-refractivity contribution < 1.29 is 23.9 Å². The standard InChI is InChI=1S/C23H24N4O6/c1-15-10-17-11-20-21(33-14-32-20)12-19(17)23(16-2-4-18(5-3-16)27(29)30)24-26(15)22(28)13-25-6-8-31-9-7-25/h2-5,11-12,15H,6-10,13-14H2,1H3. The molecule has 172 valence electrons. The molecule has 0 aliphatic carbocycles. The van der Waals surface area contributed by atoms with E-state index < -0.39 is 4.92 Å². The van der Waals surface area contributed by atoms with Gasteiger partial charge in [0.15, 0.2) is 11.5 Å². The molecule has 5 rings (SSSR count). The fourth-order valence-electron chi connectivity index (χ4n) is 4.32. The van der Waals surface area contributed by atoms with E-state index in [2.05, 4.69) is 4.90 Å². The quantitative estimate of drug-likeness (QED) is 0.517. The maximum absolute atomic E-state index is 13.3. The van der Waals surface area contributed by atoms with Crippen molar-refractivity contribution in [2.45, 2.75) is 19.4 Å². The van der Waals surface area contributed by atoms with E-state index in [1.807, 2.05) is 19.1 Å². The third-order valence-electron chi connectivity index (χ3n) is 6.06. The summed E-state index contributed by atoms with van der Waals surface area (Å²) >= 11 is 0. The molecule has 1 fully saturated rings. The first-order valence-corrected chi connectivity index (χ1v) is 10.9. The van der Waals surface area contributed by atoms with Crippen molar-refractivity contribution in [1.29, 1.82) is 0 Å². The van der Waals surface area contributed by atoms with Gasteiger partial charge in [0.05, 0.1) is 36.4 Å². The number of fused-ring (bicyclic) bond motifs is 2. The predicted octanol–water partition coefficient (Wildman–Crippen LogP) is 2.18. The zero-order valence-corrected chi connectivity index (χ0v) is 18.2. The lowest BCUT2D eigenvalue weighted by Crippen LogP contribution is -2.46. The first-order valence-electron chi connectivity index (χ1n) is 10.9. The van der Waals surface area contributed by atoms with Gasteiger partial charge < -0.3 is 14.2 Å². The van der Waals surface area contributed by atoms with Gasteiger partial charge in [-0.1, -0.05) is 0 Å². The lowest BCUT2D eigenvalue weighted by Gasteiger charge is -2.29. The Labute approximate surface area is 190 Å². The summed E-state index contributed by atoms with van der Waals surface area (Å²) in [4.78, 5) is 26.0. The molecule has 10 heteroatoms. The fraction of sp³-hybridized carbons (Fsp3) is 0.391. The Hall–Kier alpha value is -3.50. The third kappa shape index (κ3) is 4.27. The van der Waals surface area contributed by atoms with E-state index in [4.69, 9.17) is 19.3 Å². The number of hydrazone groups is 1. The highest BCUT2D eigenvalue weighted by atomic mass is 16.7. The molecule has 1 unspecified atom stereocenters. The summed E-state index contributed by atoms with van der Waals surface area (Å²) in [7, 11) is 0. The van der Waals surface area contributed by atoms with E-state index in [9.17, 15) is 14.9 Å². The van der Waals surface area contributed by atoms with Gasteiger partial charge in [0.1, 0.15) is 0 Å². The van der Waals surface area contributed by atoms with Crippen LogP contribution in [0.5, 0.6) is 11.5 Å². The van der Waals surface area contributed by atoms with E-state index in [0.29, 0.717) is 55.5 Å². The van der Waals surface area contributed by atoms with Gasteiger partial charge >= 0.3 is 0 Å². The van der Waals surface area contributed by atoms with Crippen LogP contribution in [0.3, 0.4) is 0 Å². The average Bonchev–Trinajstić information content (AvgIpc) is 3.21. The zero-order chi connectivity index (χ0) is 22.9. The maximum atomic E-state index is 13.3. The number of ether oxygens (including phenoxy) is 3. The number of hydrogen-bond acceptors (Lipinski definition) is 8. The van der Waals surface area contributed by atoms with Gasteiger partial charge in [-0.05, 0) is 43.2 Å². The number of amides is 1. The van der Waals surface area contributed by atoms with Crippen LogP contribution in [-0.2, 0) is 16.0 Å². The Bertz CT molecular complexity index is 1110. The summed E-state index contributed by atoms with van der Waals surface area (Å²) in [6, 6.07) is 9.83. The van der Waals surface area contributed by atoms with E-state index in [-0.39, 0.29) is 31.0 Å². The molecule has 0 saturated carbocycles. The molecule has 3 heterocycles. The Balaban J connectivity index is 1.55. The van der Waals surface area contributed by atoms with Crippen LogP contribution in [0.15, 0.2) is 41.5 Å². The van der Waals surface area contributed by atoms with Gasteiger partial charge in [-0.2, -0.15) is 5.10 Å². The minimum absolute atomic E-state index is 0.00694. The molecule has 0 spiro atoms. The van der Waals surface area contributed by atoms with Crippen molar-refractivity contribution in [3.63, 3.8) is 0 Å². The van der Waals surface area contributed by atoms with Crippen molar-refractivity contribution in [3.05, 3.63) is 63.2 Å². The normalized spacial score (nSPS) is 20.1. The molecule has 2 aromatic rings. The van der Waals surface area contributed by atoms with Crippen LogP contribution in [0.4, 0.5) is 5.69 Å². The van der Waals surface area contributed by atoms with Crippen molar-refractivity contribution in [1.82, 2.24) is 9.91 Å². The second-order valence-corrected chi connectivity index (χ2v) is 8.30. The summed E-state index contributed by atoms with van der Waals surface area (Å²) in [5, 5.41) is 17.5. The summed E-state index contributed by atoms with van der Waals surface area (Å²) in [6.07, 6.45) is 0.584. The van der Waals surface area contributed by atoms with Gasteiger partial charge in [-0.25, -0.2) is 5.01 Å². The summed E-state index contributed by atoms with van der Waals surface area (Å²) in [6.45, 7) is 5.00. The van der Waals surface area contributed by atoms with Crippen molar-refractivity contribution >= 4 is 17.3 Å². The zero-order valence-electron chi connectivity index (χ0n) is 18.2. The molecular weight excluding hydrogens is 428 g/mol. The van der Waals surface area contributed by atoms with Crippen LogP contribution >= 0.6 is 0 Å². The molecular formula is C23H24N4O6. The Morgan fingerprint density at radius 2 is 1.85 bits per heavy atom. The number of benzene rings is 2. The lowest BCUT2D eigenvalue weighted by molar-refractivity contribution is -0.384. The highest BCUT2D eigenvalue weighted by Gasteiger charge is 2.30. The Kier molecular flexibility index (Phi) is 5.69. The van der Waals surface area contributed by atoms with Gasteiger partial charge in [-0.3, -0.25) is 19.8 Å². The second kappa shape index (κ2) is 8.80. The molecule has 2 aromatic carbocycles. The minimum Gasteiger partial charge on any atom is -0.454 e. The maximum Gasteiger partial charge on any atom is 0.269 e. The summed E-state index contributed by atoms with van der Waals surface area (Å²) in [5.41, 5.74) is 3.04. The van der Waals surface area contributed by atoms with Crippen LogP contribution in [0.2, 0.25) is 0 Å². The van der Waals surface area contributed by atoms with E-state index in [0.717, 1.165) is 11.1 Å². The van der Waals surface area contributed by atoms with E-state index >= 15 is 0 Å². The second-order valence-electron chi connectivity index (χ2n) is 8.30. The van der Waals surface area contributed by atoms with E-state index in [1.54, 1.807) is 17.1 Å². The molecule has 1 amide bonds. The molecule has 33 heavy (non-hydrogen) atoms. The predicted molar refractivity (Wildman–Crippen MR) is 119 cm³/mol. The topological polar surface area (TPSA) is 107 Å². The number of nitro groups is 1. The Morgan fingerprint density at radius 1 is 1.15 bits per heavy atom. The third-order valence-corrected chi connectivity index (χ3v) is 6.06. The van der Waals surface area contributed by atoms with Gasteiger partial charge in [-0.15, -0.1) is 0 Å². The van der Waals surface area contributed by atoms with Crippen LogP contribution in [0.25, 0.3) is 0 Å². The molecule has 3 aliphatic rings. The Morgan fingerprint density at radius 3 is 2.55 bits per heavy atom. The number of nitro benzene ring substituents is 1. The molecule has 1 saturated heterocycles. The number of carbonyl (C=O) groups is 1.